The van der Waals surface area contributed by atoms with Crippen molar-refractivity contribution in [3.05, 3.63) is 38.4 Å². The molecular weight excluding hydrogens is 233 g/mol. The first-order valence-electron chi connectivity index (χ1n) is 3.29. The molecule has 0 saturated carbocycles. The summed E-state index contributed by atoms with van der Waals surface area (Å²) in [5.41, 5.74) is 0. The third kappa shape index (κ3) is 3.42. The summed E-state index contributed by atoms with van der Waals surface area (Å²) < 4.78 is 0. The van der Waals surface area contributed by atoms with Gasteiger partial charge in [-0.05, 0) is 30.0 Å². The summed E-state index contributed by atoms with van der Waals surface area (Å²) in [6.07, 6.45) is 0. The molecule has 0 atom stereocenters. The molecule has 3 nitrogen and oxygen atoms in total. The Kier molecular flexibility index (Phi) is 3.84. The minimum atomic E-state index is -0.415. The lowest BCUT2D eigenvalue weighted by Crippen LogP contribution is -1.95. The van der Waals surface area contributed by atoms with Gasteiger partial charge in [0.15, 0.2) is 0 Å². The van der Waals surface area contributed by atoms with Crippen LogP contribution in [0.25, 0.3) is 0 Å². The van der Waals surface area contributed by atoms with Gasteiger partial charge in [0.2, 0.25) is 0 Å². The second-order valence-corrected chi connectivity index (χ2v) is 4.01. The van der Waals surface area contributed by atoms with E-state index in [9.17, 15) is 10.1 Å². The highest BCUT2D eigenvalue weighted by atomic mass is 35.5. The Balaban J connectivity index is 2.75. The number of benzene rings is 1. The molecule has 0 unspecified atom stereocenters. The van der Waals surface area contributed by atoms with Gasteiger partial charge in [-0.1, -0.05) is 23.2 Å². The van der Waals surface area contributed by atoms with E-state index in [1.807, 2.05) is 0 Å². The van der Waals surface area contributed by atoms with Crippen LogP contribution < -0.4 is 0 Å². The molecule has 0 aromatic heterocycles. The summed E-state index contributed by atoms with van der Waals surface area (Å²) in [6, 6.07) is 4.87. The predicted octanol–water partition coefficient (Wildman–Crippen LogP) is 3.32. The molecule has 0 saturated heterocycles. The van der Waals surface area contributed by atoms with E-state index in [4.69, 9.17) is 23.2 Å². The largest absolute Gasteiger partial charge is 0.264 e. The maximum Gasteiger partial charge on any atom is 0.253 e. The molecule has 0 fully saturated rings. The molecule has 1 aromatic rings. The third-order valence-corrected chi connectivity index (χ3v) is 2.88. The van der Waals surface area contributed by atoms with Crippen LogP contribution in [0, 0.1) is 10.1 Å². The van der Waals surface area contributed by atoms with Crippen LogP contribution in [0.4, 0.5) is 0 Å². The fourth-order valence-corrected chi connectivity index (χ4v) is 1.89. The monoisotopic (exact) mass is 237 g/mol. The summed E-state index contributed by atoms with van der Waals surface area (Å²) >= 11 is 12.5. The average Bonchev–Trinajstić information content (AvgIpc) is 2.06. The number of hydrogen-bond acceptors (Lipinski definition) is 3. The van der Waals surface area contributed by atoms with Gasteiger partial charge in [0, 0.05) is 14.8 Å². The van der Waals surface area contributed by atoms with Crippen molar-refractivity contribution in [3.63, 3.8) is 0 Å². The first kappa shape index (κ1) is 10.6. The highest BCUT2D eigenvalue weighted by Crippen LogP contribution is 2.29. The molecule has 0 aliphatic rings. The van der Waals surface area contributed by atoms with E-state index in [0.717, 1.165) is 11.8 Å². The molecule has 70 valence electrons. The fourth-order valence-electron chi connectivity index (χ4n) is 0.710. The van der Waals surface area contributed by atoms with E-state index in [-0.39, 0.29) is 5.88 Å². The van der Waals surface area contributed by atoms with Crippen molar-refractivity contribution in [1.29, 1.82) is 0 Å². The first-order valence-corrected chi connectivity index (χ1v) is 5.03. The minimum absolute atomic E-state index is 0.208. The smallest absolute Gasteiger partial charge is 0.253 e. The number of rotatable bonds is 3. The van der Waals surface area contributed by atoms with Gasteiger partial charge in [-0.25, -0.2) is 0 Å². The zero-order valence-electron chi connectivity index (χ0n) is 6.37. The van der Waals surface area contributed by atoms with E-state index in [2.05, 4.69) is 0 Å². The Morgan fingerprint density at radius 3 is 2.77 bits per heavy atom. The van der Waals surface area contributed by atoms with Crippen LogP contribution in [0.1, 0.15) is 0 Å². The highest BCUT2D eigenvalue weighted by Gasteiger charge is 2.05. The Labute approximate surface area is 89.2 Å². The normalized spacial score (nSPS) is 10.0. The van der Waals surface area contributed by atoms with Crippen molar-refractivity contribution in [2.45, 2.75) is 4.90 Å². The SMILES string of the molecule is O=[N+]([O-])CSc1cc(Cl)ccc1Cl. The van der Waals surface area contributed by atoms with Crippen LogP contribution in [-0.2, 0) is 0 Å². The van der Waals surface area contributed by atoms with Gasteiger partial charge in [-0.2, -0.15) is 0 Å². The lowest BCUT2D eigenvalue weighted by Gasteiger charge is -2.00. The molecule has 13 heavy (non-hydrogen) atoms. The Morgan fingerprint density at radius 2 is 2.15 bits per heavy atom. The highest BCUT2D eigenvalue weighted by molar-refractivity contribution is 7.99. The molecule has 0 radical (unpaired) electrons. The molecule has 0 amide bonds. The molecule has 0 N–H and O–H groups in total. The lowest BCUT2D eigenvalue weighted by molar-refractivity contribution is -0.456. The van der Waals surface area contributed by atoms with Crippen molar-refractivity contribution < 1.29 is 4.92 Å². The fraction of sp³-hybridized carbons (Fsp3) is 0.143. The van der Waals surface area contributed by atoms with E-state index in [1.54, 1.807) is 18.2 Å². The molecule has 1 aromatic carbocycles. The van der Waals surface area contributed by atoms with Crippen LogP contribution in [0.3, 0.4) is 0 Å². The molecule has 0 aliphatic heterocycles. The summed E-state index contributed by atoms with van der Waals surface area (Å²) in [5, 5.41) is 11.1. The molecule has 1 rings (SSSR count). The second-order valence-electron chi connectivity index (χ2n) is 2.18. The van der Waals surface area contributed by atoms with Crippen molar-refractivity contribution in [2.75, 3.05) is 5.88 Å². The quantitative estimate of drug-likeness (QED) is 0.351. The molecule has 0 spiro atoms. The number of halogens is 2. The lowest BCUT2D eigenvalue weighted by atomic mass is 10.4. The van der Waals surface area contributed by atoms with Gasteiger partial charge < -0.3 is 0 Å². The Hall–Kier alpha value is -0.450. The summed E-state index contributed by atoms with van der Waals surface area (Å²) in [5.74, 6) is -0.208. The Morgan fingerprint density at radius 1 is 1.46 bits per heavy atom. The number of nitrogens with zero attached hydrogens (tertiary/aromatic N) is 1. The number of hydrogen-bond donors (Lipinski definition) is 0. The molecule has 0 bridgehead atoms. The maximum atomic E-state index is 10.1. The van der Waals surface area contributed by atoms with Gasteiger partial charge in [-0.15, -0.1) is 0 Å². The second kappa shape index (κ2) is 4.69. The van der Waals surface area contributed by atoms with Crippen molar-refractivity contribution in [3.8, 4) is 0 Å². The summed E-state index contributed by atoms with van der Waals surface area (Å²) in [6.45, 7) is 0. The molecule has 6 heteroatoms. The van der Waals surface area contributed by atoms with Crippen LogP contribution in [0.2, 0.25) is 10.0 Å². The molecule has 0 heterocycles. The van der Waals surface area contributed by atoms with Crippen LogP contribution in [0.5, 0.6) is 0 Å². The third-order valence-electron chi connectivity index (χ3n) is 1.22. The topological polar surface area (TPSA) is 43.1 Å². The predicted molar refractivity (Wildman–Crippen MR) is 54.2 cm³/mol. The average molecular weight is 238 g/mol. The van der Waals surface area contributed by atoms with E-state index in [1.165, 1.54) is 0 Å². The number of nitro groups is 1. The van der Waals surface area contributed by atoms with Gasteiger partial charge in [0.05, 0.1) is 5.02 Å². The first-order chi connectivity index (χ1) is 6.09. The van der Waals surface area contributed by atoms with E-state index >= 15 is 0 Å². The zero-order valence-corrected chi connectivity index (χ0v) is 8.70. The number of thioether (sulfide) groups is 1. The molecular formula is C7H5Cl2NO2S. The van der Waals surface area contributed by atoms with E-state index in [0.29, 0.717) is 14.9 Å². The van der Waals surface area contributed by atoms with Crippen LogP contribution >= 0.6 is 35.0 Å². The minimum Gasteiger partial charge on any atom is -0.264 e. The summed E-state index contributed by atoms with van der Waals surface area (Å²) in [4.78, 5) is 10.3. The Bertz CT molecular complexity index is 332. The van der Waals surface area contributed by atoms with Gasteiger partial charge >= 0.3 is 0 Å². The van der Waals surface area contributed by atoms with Gasteiger partial charge in [0.25, 0.3) is 5.88 Å². The van der Waals surface area contributed by atoms with Crippen LogP contribution in [-0.4, -0.2) is 10.8 Å². The van der Waals surface area contributed by atoms with Crippen LogP contribution in [0.15, 0.2) is 23.1 Å². The van der Waals surface area contributed by atoms with Crippen molar-refractivity contribution in [1.82, 2.24) is 0 Å². The molecule has 0 aliphatic carbocycles. The standard InChI is InChI=1S/C7H5Cl2NO2S/c8-5-1-2-6(9)7(3-5)13-4-10(11)12/h1-3H,4H2. The van der Waals surface area contributed by atoms with Gasteiger partial charge in [-0.3, -0.25) is 10.1 Å². The maximum absolute atomic E-state index is 10.1. The van der Waals surface area contributed by atoms with Crippen molar-refractivity contribution in [2.24, 2.45) is 0 Å². The van der Waals surface area contributed by atoms with Crippen molar-refractivity contribution >= 4 is 35.0 Å². The summed E-state index contributed by atoms with van der Waals surface area (Å²) in [7, 11) is 0. The van der Waals surface area contributed by atoms with Gasteiger partial charge in [0.1, 0.15) is 0 Å². The van der Waals surface area contributed by atoms with E-state index < -0.39 is 4.92 Å². The zero-order chi connectivity index (χ0) is 9.84.